The maximum atomic E-state index is 11.5. The van der Waals surface area contributed by atoms with Crippen molar-refractivity contribution in [1.29, 1.82) is 0 Å². The Hall–Kier alpha value is -2.54. The lowest BCUT2D eigenvalue weighted by Gasteiger charge is -1.97. The molecule has 0 spiro atoms. The van der Waals surface area contributed by atoms with E-state index in [0.29, 0.717) is 10.1 Å². The minimum absolute atomic E-state index is 0.0793. The van der Waals surface area contributed by atoms with Crippen molar-refractivity contribution in [2.45, 2.75) is 12.8 Å². The first-order valence-corrected chi connectivity index (χ1v) is 7.03. The highest BCUT2D eigenvalue weighted by molar-refractivity contribution is 7.16. The number of hydrogen-bond donors (Lipinski definition) is 2. The molecule has 2 N–H and O–H groups in total. The minimum Gasteiger partial charge on any atom is -0.481 e. The van der Waals surface area contributed by atoms with Gasteiger partial charge in [-0.1, -0.05) is 47.7 Å². The monoisotopic (exact) mass is 303 g/mol. The fraction of sp³-hybridized carbons (Fsp3) is 0.143. The second-order valence-corrected chi connectivity index (χ2v) is 5.14. The van der Waals surface area contributed by atoms with Gasteiger partial charge >= 0.3 is 5.97 Å². The largest absolute Gasteiger partial charge is 0.481 e. The summed E-state index contributed by atoms with van der Waals surface area (Å²) in [4.78, 5) is 21.8. The molecule has 1 amide bonds. The second kappa shape index (κ2) is 7.30. The van der Waals surface area contributed by atoms with Gasteiger partial charge in [-0.05, 0) is 11.6 Å². The van der Waals surface area contributed by atoms with E-state index in [1.807, 2.05) is 36.4 Å². The lowest BCUT2D eigenvalue weighted by molar-refractivity contribution is -0.138. The zero-order valence-corrected chi connectivity index (χ0v) is 11.8. The summed E-state index contributed by atoms with van der Waals surface area (Å²) in [5.41, 5.74) is 1.04. The molecule has 0 atom stereocenters. The van der Waals surface area contributed by atoms with Crippen LogP contribution in [0.4, 0.5) is 5.13 Å². The number of carboxylic acids is 1. The third kappa shape index (κ3) is 5.15. The van der Waals surface area contributed by atoms with Gasteiger partial charge in [-0.25, -0.2) is 0 Å². The van der Waals surface area contributed by atoms with E-state index in [1.54, 1.807) is 6.08 Å². The van der Waals surface area contributed by atoms with Gasteiger partial charge in [0.1, 0.15) is 5.01 Å². The van der Waals surface area contributed by atoms with E-state index >= 15 is 0 Å². The highest BCUT2D eigenvalue weighted by atomic mass is 32.1. The molecule has 108 valence electrons. The van der Waals surface area contributed by atoms with Crippen LogP contribution in [-0.2, 0) is 9.59 Å². The fourth-order valence-corrected chi connectivity index (χ4v) is 2.15. The number of aromatic nitrogens is 2. The predicted molar refractivity (Wildman–Crippen MR) is 80.8 cm³/mol. The molecule has 0 saturated heterocycles. The van der Waals surface area contributed by atoms with Crippen LogP contribution >= 0.6 is 11.3 Å². The average molecular weight is 303 g/mol. The quantitative estimate of drug-likeness (QED) is 0.855. The molecule has 0 fully saturated rings. The van der Waals surface area contributed by atoms with Gasteiger partial charge in [0.25, 0.3) is 0 Å². The van der Waals surface area contributed by atoms with E-state index < -0.39 is 5.97 Å². The van der Waals surface area contributed by atoms with E-state index in [-0.39, 0.29) is 18.7 Å². The second-order valence-electron chi connectivity index (χ2n) is 4.13. The van der Waals surface area contributed by atoms with Gasteiger partial charge in [0, 0.05) is 6.42 Å². The first kappa shape index (κ1) is 14.9. The molecule has 21 heavy (non-hydrogen) atoms. The van der Waals surface area contributed by atoms with E-state index in [9.17, 15) is 9.59 Å². The SMILES string of the molecule is O=C(O)CCC(=O)Nc1nnc(/C=C/c2ccccc2)s1. The van der Waals surface area contributed by atoms with Crippen molar-refractivity contribution in [3.63, 3.8) is 0 Å². The van der Waals surface area contributed by atoms with Crippen molar-refractivity contribution in [1.82, 2.24) is 10.2 Å². The Morgan fingerprint density at radius 2 is 1.90 bits per heavy atom. The predicted octanol–water partition coefficient (Wildman–Crippen LogP) is 2.51. The zero-order chi connectivity index (χ0) is 15.1. The molecule has 2 aromatic rings. The number of amides is 1. The number of nitrogens with zero attached hydrogens (tertiary/aromatic N) is 2. The van der Waals surface area contributed by atoms with Crippen LogP contribution < -0.4 is 5.32 Å². The standard InChI is InChI=1S/C14H13N3O3S/c18-11(7-9-13(19)20)15-14-17-16-12(21-14)8-6-10-4-2-1-3-5-10/h1-6,8H,7,9H2,(H,19,20)(H,15,17,18)/b8-6+. The molecular formula is C14H13N3O3S. The van der Waals surface area contributed by atoms with E-state index in [1.165, 1.54) is 11.3 Å². The van der Waals surface area contributed by atoms with Crippen LogP contribution in [0.1, 0.15) is 23.4 Å². The molecule has 0 aliphatic rings. The maximum Gasteiger partial charge on any atom is 0.303 e. The average Bonchev–Trinajstić information content (AvgIpc) is 2.91. The van der Waals surface area contributed by atoms with Crippen LogP contribution in [0.25, 0.3) is 12.2 Å². The van der Waals surface area contributed by atoms with Crippen molar-refractivity contribution in [3.8, 4) is 0 Å². The topological polar surface area (TPSA) is 92.2 Å². The number of anilines is 1. The van der Waals surface area contributed by atoms with Crippen LogP contribution in [0, 0.1) is 0 Å². The molecule has 1 aromatic heterocycles. The molecule has 6 nitrogen and oxygen atoms in total. The fourth-order valence-electron chi connectivity index (χ4n) is 1.49. The van der Waals surface area contributed by atoms with Crippen molar-refractivity contribution in [3.05, 3.63) is 40.9 Å². The first-order chi connectivity index (χ1) is 10.1. The molecule has 1 heterocycles. The number of hydrogen-bond acceptors (Lipinski definition) is 5. The van der Waals surface area contributed by atoms with Crippen LogP contribution in [0.2, 0.25) is 0 Å². The van der Waals surface area contributed by atoms with Crippen LogP contribution in [0.3, 0.4) is 0 Å². The normalized spacial score (nSPS) is 10.7. The number of rotatable bonds is 6. The van der Waals surface area contributed by atoms with Crippen LogP contribution in [0.5, 0.6) is 0 Å². The minimum atomic E-state index is -1.01. The molecule has 0 aliphatic heterocycles. The van der Waals surface area contributed by atoms with Crippen molar-refractivity contribution < 1.29 is 14.7 Å². The first-order valence-electron chi connectivity index (χ1n) is 6.22. The Morgan fingerprint density at radius 3 is 2.62 bits per heavy atom. The van der Waals surface area contributed by atoms with Gasteiger partial charge in [-0.15, -0.1) is 10.2 Å². The summed E-state index contributed by atoms with van der Waals surface area (Å²) >= 11 is 1.23. The molecule has 7 heteroatoms. The number of carboxylic acid groups (broad SMARTS) is 1. The van der Waals surface area contributed by atoms with Crippen molar-refractivity contribution in [2.24, 2.45) is 0 Å². The third-order valence-corrected chi connectivity index (χ3v) is 3.27. The van der Waals surface area contributed by atoms with Gasteiger partial charge in [-0.3, -0.25) is 9.59 Å². The molecule has 0 bridgehead atoms. The highest BCUT2D eigenvalue weighted by Gasteiger charge is 2.08. The highest BCUT2D eigenvalue weighted by Crippen LogP contribution is 2.18. The van der Waals surface area contributed by atoms with E-state index in [2.05, 4.69) is 15.5 Å². The van der Waals surface area contributed by atoms with E-state index in [4.69, 9.17) is 5.11 Å². The number of carbonyl (C=O) groups excluding carboxylic acids is 1. The molecule has 0 aliphatic carbocycles. The maximum absolute atomic E-state index is 11.5. The summed E-state index contributed by atoms with van der Waals surface area (Å²) in [5, 5.41) is 19.8. The van der Waals surface area contributed by atoms with Crippen molar-refractivity contribution >= 4 is 40.5 Å². The molecule has 2 rings (SSSR count). The summed E-state index contributed by atoms with van der Waals surface area (Å²) < 4.78 is 0. The number of aliphatic carboxylic acids is 1. The summed E-state index contributed by atoms with van der Waals surface area (Å²) in [6.45, 7) is 0. The number of nitrogens with one attached hydrogen (secondary N) is 1. The molecule has 0 unspecified atom stereocenters. The molecule has 0 radical (unpaired) electrons. The molecular weight excluding hydrogens is 290 g/mol. The zero-order valence-electron chi connectivity index (χ0n) is 11.0. The number of benzene rings is 1. The smallest absolute Gasteiger partial charge is 0.303 e. The Labute approximate surface area is 125 Å². The lowest BCUT2D eigenvalue weighted by Crippen LogP contribution is -2.12. The lowest BCUT2D eigenvalue weighted by atomic mass is 10.2. The van der Waals surface area contributed by atoms with Crippen LogP contribution in [-0.4, -0.2) is 27.2 Å². The van der Waals surface area contributed by atoms with Crippen LogP contribution in [0.15, 0.2) is 30.3 Å². The number of carbonyl (C=O) groups is 2. The summed E-state index contributed by atoms with van der Waals surface area (Å²) in [6.07, 6.45) is 3.42. The molecule has 1 aromatic carbocycles. The van der Waals surface area contributed by atoms with Crippen molar-refractivity contribution in [2.75, 3.05) is 5.32 Å². The third-order valence-electron chi connectivity index (χ3n) is 2.47. The van der Waals surface area contributed by atoms with Gasteiger partial charge in [0.15, 0.2) is 0 Å². The van der Waals surface area contributed by atoms with E-state index in [0.717, 1.165) is 5.56 Å². The Kier molecular flexibility index (Phi) is 5.16. The summed E-state index contributed by atoms with van der Waals surface area (Å²) in [7, 11) is 0. The Bertz CT molecular complexity index is 652. The molecule has 0 saturated carbocycles. The van der Waals surface area contributed by atoms with Gasteiger partial charge in [0.05, 0.1) is 6.42 Å². The van der Waals surface area contributed by atoms with Gasteiger partial charge in [0.2, 0.25) is 11.0 Å². The summed E-state index contributed by atoms with van der Waals surface area (Å²) in [5.74, 6) is -1.39. The summed E-state index contributed by atoms with van der Waals surface area (Å²) in [6, 6.07) is 9.74. The Balaban J connectivity index is 1.91. The van der Waals surface area contributed by atoms with Gasteiger partial charge in [-0.2, -0.15) is 0 Å². The van der Waals surface area contributed by atoms with Gasteiger partial charge < -0.3 is 10.4 Å². The Morgan fingerprint density at radius 1 is 1.14 bits per heavy atom.